The fraction of sp³-hybridized carbons (Fsp3) is 0.923. The molecule has 0 aromatic heterocycles. The van der Waals surface area contributed by atoms with Crippen molar-refractivity contribution in [2.45, 2.75) is 58.0 Å². The fourth-order valence-corrected chi connectivity index (χ4v) is 2.39. The lowest BCUT2D eigenvalue weighted by atomic mass is 10.0. The lowest BCUT2D eigenvalue weighted by Crippen LogP contribution is -2.53. The summed E-state index contributed by atoms with van der Waals surface area (Å²) in [5.74, 6) is 0.245. The minimum absolute atomic E-state index is 0.0141. The van der Waals surface area contributed by atoms with E-state index in [4.69, 9.17) is 5.11 Å². The average Bonchev–Trinajstić information content (AvgIpc) is 2.34. The number of aliphatic hydroxyl groups excluding tert-OH is 1. The van der Waals surface area contributed by atoms with Crippen molar-refractivity contribution in [2.75, 3.05) is 19.7 Å². The van der Waals surface area contributed by atoms with Gasteiger partial charge >= 0.3 is 0 Å². The molecule has 0 spiro atoms. The number of nitrogens with zero attached hydrogens (tertiary/aromatic N) is 1. The molecule has 4 heteroatoms. The van der Waals surface area contributed by atoms with Crippen molar-refractivity contribution in [1.82, 2.24) is 10.2 Å². The van der Waals surface area contributed by atoms with Crippen molar-refractivity contribution in [3.8, 4) is 0 Å². The van der Waals surface area contributed by atoms with Crippen LogP contribution >= 0.6 is 0 Å². The first-order chi connectivity index (χ1) is 8.20. The van der Waals surface area contributed by atoms with E-state index in [0.717, 1.165) is 45.2 Å². The van der Waals surface area contributed by atoms with E-state index < -0.39 is 0 Å². The highest BCUT2D eigenvalue weighted by Crippen LogP contribution is 2.17. The second kappa shape index (κ2) is 7.67. The minimum atomic E-state index is 0.0141. The molecule has 2 N–H and O–H groups in total. The third kappa shape index (κ3) is 4.28. The molecule has 4 nitrogen and oxygen atoms in total. The van der Waals surface area contributed by atoms with Gasteiger partial charge in [0.15, 0.2) is 0 Å². The summed E-state index contributed by atoms with van der Waals surface area (Å²) in [4.78, 5) is 14.2. The van der Waals surface area contributed by atoms with Gasteiger partial charge in [-0.1, -0.05) is 6.92 Å². The standard InChI is InChI=1S/C13H26N2O2/c1-3-8-14-12-7-4-9-15(13(12)17)11(2)6-5-10-16/h11-12,14,16H,3-10H2,1-2H3. The number of hydrogen-bond donors (Lipinski definition) is 2. The van der Waals surface area contributed by atoms with Crippen molar-refractivity contribution in [3.63, 3.8) is 0 Å². The molecule has 1 heterocycles. The SMILES string of the molecule is CCCNC1CCCN(C(C)CCCO)C1=O. The highest BCUT2D eigenvalue weighted by atomic mass is 16.3. The molecule has 0 saturated carbocycles. The fourth-order valence-electron chi connectivity index (χ4n) is 2.39. The molecule has 0 aromatic rings. The maximum absolute atomic E-state index is 12.2. The van der Waals surface area contributed by atoms with Crippen molar-refractivity contribution >= 4 is 5.91 Å². The lowest BCUT2D eigenvalue weighted by Gasteiger charge is -2.37. The van der Waals surface area contributed by atoms with E-state index in [1.165, 1.54) is 0 Å². The third-order valence-corrected chi connectivity index (χ3v) is 3.43. The first kappa shape index (κ1) is 14.5. The Bertz CT molecular complexity index is 233. The van der Waals surface area contributed by atoms with Crippen LogP contribution in [0.1, 0.15) is 46.0 Å². The zero-order chi connectivity index (χ0) is 12.7. The maximum Gasteiger partial charge on any atom is 0.239 e. The highest BCUT2D eigenvalue weighted by Gasteiger charge is 2.30. The van der Waals surface area contributed by atoms with E-state index in [2.05, 4.69) is 19.2 Å². The quantitative estimate of drug-likeness (QED) is 0.704. The molecular weight excluding hydrogens is 216 g/mol. The molecule has 100 valence electrons. The first-order valence-corrected chi connectivity index (χ1v) is 6.85. The number of carbonyl (C=O) groups is 1. The van der Waals surface area contributed by atoms with Gasteiger partial charge in [-0.15, -0.1) is 0 Å². The largest absolute Gasteiger partial charge is 0.396 e. The molecule has 1 saturated heterocycles. The summed E-state index contributed by atoms with van der Waals surface area (Å²) in [5.41, 5.74) is 0. The third-order valence-electron chi connectivity index (χ3n) is 3.43. The summed E-state index contributed by atoms with van der Waals surface area (Å²) in [5, 5.41) is 12.2. The summed E-state index contributed by atoms with van der Waals surface area (Å²) in [6, 6.07) is 0.265. The molecule has 2 atom stereocenters. The Morgan fingerprint density at radius 3 is 3.00 bits per heavy atom. The lowest BCUT2D eigenvalue weighted by molar-refractivity contribution is -0.138. The number of likely N-dealkylation sites (tertiary alicyclic amines) is 1. The van der Waals surface area contributed by atoms with Crippen LogP contribution in [0.15, 0.2) is 0 Å². The van der Waals surface area contributed by atoms with Crippen LogP contribution in [-0.4, -0.2) is 47.7 Å². The minimum Gasteiger partial charge on any atom is -0.396 e. The van der Waals surface area contributed by atoms with Gasteiger partial charge in [-0.25, -0.2) is 0 Å². The topological polar surface area (TPSA) is 52.6 Å². The molecular formula is C13H26N2O2. The van der Waals surface area contributed by atoms with Gasteiger partial charge in [-0.3, -0.25) is 4.79 Å². The number of rotatable bonds is 7. The van der Waals surface area contributed by atoms with Crippen molar-refractivity contribution in [2.24, 2.45) is 0 Å². The molecule has 17 heavy (non-hydrogen) atoms. The summed E-state index contributed by atoms with van der Waals surface area (Å²) in [7, 11) is 0. The zero-order valence-corrected chi connectivity index (χ0v) is 11.1. The van der Waals surface area contributed by atoms with E-state index in [1.54, 1.807) is 0 Å². The summed E-state index contributed by atoms with van der Waals surface area (Å²) >= 11 is 0. The van der Waals surface area contributed by atoms with Crippen LogP contribution in [0.25, 0.3) is 0 Å². The van der Waals surface area contributed by atoms with Crippen molar-refractivity contribution < 1.29 is 9.90 Å². The van der Waals surface area contributed by atoms with Crippen LogP contribution in [0.5, 0.6) is 0 Å². The van der Waals surface area contributed by atoms with Gasteiger partial charge in [0, 0.05) is 19.2 Å². The predicted molar refractivity (Wildman–Crippen MR) is 68.8 cm³/mol. The van der Waals surface area contributed by atoms with E-state index in [-0.39, 0.29) is 24.6 Å². The Morgan fingerprint density at radius 2 is 2.35 bits per heavy atom. The molecule has 0 aliphatic carbocycles. The summed E-state index contributed by atoms with van der Waals surface area (Å²) in [6.07, 6.45) is 4.77. The van der Waals surface area contributed by atoms with Gasteiger partial charge in [-0.05, 0) is 45.6 Å². The van der Waals surface area contributed by atoms with Gasteiger partial charge in [-0.2, -0.15) is 0 Å². The van der Waals surface area contributed by atoms with E-state index >= 15 is 0 Å². The molecule has 0 radical (unpaired) electrons. The average molecular weight is 242 g/mol. The zero-order valence-electron chi connectivity index (χ0n) is 11.1. The molecule has 0 bridgehead atoms. The molecule has 1 rings (SSSR count). The normalized spacial score (nSPS) is 22.9. The van der Waals surface area contributed by atoms with Crippen LogP contribution in [0, 0.1) is 0 Å². The predicted octanol–water partition coefficient (Wildman–Crippen LogP) is 1.14. The van der Waals surface area contributed by atoms with Crippen LogP contribution in [0.4, 0.5) is 0 Å². The molecule has 1 amide bonds. The molecule has 2 unspecified atom stereocenters. The molecule has 1 aliphatic rings. The number of piperidine rings is 1. The van der Waals surface area contributed by atoms with Gasteiger partial charge in [0.2, 0.25) is 5.91 Å². The van der Waals surface area contributed by atoms with Gasteiger partial charge in [0.25, 0.3) is 0 Å². The number of amides is 1. The Labute approximate surface area is 104 Å². The molecule has 1 fully saturated rings. The van der Waals surface area contributed by atoms with E-state index in [0.29, 0.717) is 0 Å². The van der Waals surface area contributed by atoms with Gasteiger partial charge in [0.05, 0.1) is 6.04 Å². The number of aliphatic hydroxyl groups is 1. The van der Waals surface area contributed by atoms with Crippen LogP contribution < -0.4 is 5.32 Å². The van der Waals surface area contributed by atoms with Gasteiger partial charge < -0.3 is 15.3 Å². The second-order valence-electron chi connectivity index (χ2n) is 4.90. The van der Waals surface area contributed by atoms with Crippen molar-refractivity contribution in [1.29, 1.82) is 0 Å². The summed E-state index contributed by atoms with van der Waals surface area (Å²) < 4.78 is 0. The second-order valence-corrected chi connectivity index (χ2v) is 4.90. The summed E-state index contributed by atoms with van der Waals surface area (Å²) in [6.45, 7) is 6.19. The smallest absolute Gasteiger partial charge is 0.239 e. The maximum atomic E-state index is 12.2. The Hall–Kier alpha value is -0.610. The highest BCUT2D eigenvalue weighted by molar-refractivity contribution is 5.82. The van der Waals surface area contributed by atoms with E-state index in [9.17, 15) is 4.79 Å². The monoisotopic (exact) mass is 242 g/mol. The van der Waals surface area contributed by atoms with Crippen LogP contribution in [0.2, 0.25) is 0 Å². The Kier molecular flexibility index (Phi) is 6.52. The van der Waals surface area contributed by atoms with Crippen molar-refractivity contribution in [3.05, 3.63) is 0 Å². The first-order valence-electron chi connectivity index (χ1n) is 6.85. The Balaban J connectivity index is 2.46. The number of nitrogens with one attached hydrogen (secondary N) is 1. The van der Waals surface area contributed by atoms with Gasteiger partial charge in [0.1, 0.15) is 0 Å². The van der Waals surface area contributed by atoms with Crippen LogP contribution in [0.3, 0.4) is 0 Å². The number of hydrogen-bond acceptors (Lipinski definition) is 3. The Morgan fingerprint density at radius 1 is 1.59 bits per heavy atom. The van der Waals surface area contributed by atoms with Crippen LogP contribution in [-0.2, 0) is 4.79 Å². The van der Waals surface area contributed by atoms with E-state index in [1.807, 2.05) is 4.90 Å². The number of carbonyl (C=O) groups excluding carboxylic acids is 1. The molecule has 1 aliphatic heterocycles. The molecule has 0 aromatic carbocycles.